The van der Waals surface area contributed by atoms with Gasteiger partial charge in [-0.25, -0.2) is 0 Å². The molecule has 0 atom stereocenters. The predicted octanol–water partition coefficient (Wildman–Crippen LogP) is 1.45. The second kappa shape index (κ2) is 3.18. The molecule has 5 N–H and O–H groups in total. The number of hydrogen-bond acceptors (Lipinski definition) is 4. The molecule has 82 valence electrons. The van der Waals surface area contributed by atoms with Crippen LogP contribution in [-0.4, -0.2) is 21.9 Å². The minimum atomic E-state index is -0.378. The van der Waals surface area contributed by atoms with Crippen molar-refractivity contribution in [2.24, 2.45) is 5.73 Å². The Morgan fingerprint density at radius 2 is 1.87 bits per heavy atom. The van der Waals surface area contributed by atoms with Gasteiger partial charge in [0.05, 0.1) is 5.02 Å². The summed E-state index contributed by atoms with van der Waals surface area (Å²) in [6.45, 7) is 0.336. The zero-order chi connectivity index (χ0) is 11.2. The molecule has 15 heavy (non-hydrogen) atoms. The first-order valence-electron chi connectivity index (χ1n) is 4.66. The van der Waals surface area contributed by atoms with E-state index in [9.17, 15) is 15.3 Å². The molecule has 1 aromatic rings. The molecular weight excluding hydrogens is 218 g/mol. The summed E-state index contributed by atoms with van der Waals surface area (Å²) in [7, 11) is 0. The summed E-state index contributed by atoms with van der Waals surface area (Å²) in [5.74, 6) is -0.880. The van der Waals surface area contributed by atoms with Gasteiger partial charge in [-0.2, -0.15) is 0 Å². The predicted molar refractivity (Wildman–Crippen MR) is 56.4 cm³/mol. The smallest absolute Gasteiger partial charge is 0.163 e. The van der Waals surface area contributed by atoms with Gasteiger partial charge in [-0.1, -0.05) is 11.6 Å². The second-order valence-corrected chi connectivity index (χ2v) is 4.31. The van der Waals surface area contributed by atoms with E-state index in [-0.39, 0.29) is 27.7 Å². The summed E-state index contributed by atoms with van der Waals surface area (Å²) in [5.41, 5.74) is 5.59. The van der Waals surface area contributed by atoms with Gasteiger partial charge in [-0.05, 0) is 12.8 Å². The Kier molecular flexibility index (Phi) is 2.20. The standard InChI is InChI=1S/C10H12ClNO3/c11-8-5(13)3-6(14)9(15)7(8)10(4-12)1-2-10/h3,13-15H,1-2,4,12H2. The van der Waals surface area contributed by atoms with Gasteiger partial charge in [0.1, 0.15) is 5.75 Å². The van der Waals surface area contributed by atoms with Gasteiger partial charge >= 0.3 is 0 Å². The number of rotatable bonds is 2. The Labute approximate surface area is 91.9 Å². The number of phenolic OH excluding ortho intramolecular Hbond substituents is 3. The normalized spacial score (nSPS) is 17.7. The minimum absolute atomic E-state index is 0.0771. The highest BCUT2D eigenvalue weighted by atomic mass is 35.5. The average molecular weight is 230 g/mol. The van der Waals surface area contributed by atoms with E-state index in [0.717, 1.165) is 18.9 Å². The van der Waals surface area contributed by atoms with Crippen LogP contribution in [0.2, 0.25) is 5.02 Å². The third-order valence-corrected chi connectivity index (χ3v) is 3.35. The molecular formula is C10H12ClNO3. The quantitative estimate of drug-likeness (QED) is 0.457. The van der Waals surface area contributed by atoms with Crippen molar-refractivity contribution >= 4 is 11.6 Å². The fourth-order valence-corrected chi connectivity index (χ4v) is 2.16. The third-order valence-electron chi connectivity index (χ3n) is 2.97. The minimum Gasteiger partial charge on any atom is -0.506 e. The van der Waals surface area contributed by atoms with Gasteiger partial charge in [0.15, 0.2) is 11.5 Å². The fraction of sp³-hybridized carbons (Fsp3) is 0.400. The third kappa shape index (κ3) is 1.41. The van der Waals surface area contributed by atoms with E-state index in [1.165, 1.54) is 0 Å². The van der Waals surface area contributed by atoms with Crippen LogP contribution in [-0.2, 0) is 5.41 Å². The van der Waals surface area contributed by atoms with E-state index < -0.39 is 0 Å². The Balaban J connectivity index is 2.64. The van der Waals surface area contributed by atoms with Crippen LogP contribution in [0.1, 0.15) is 18.4 Å². The summed E-state index contributed by atoms with van der Waals surface area (Å²) < 4.78 is 0. The van der Waals surface area contributed by atoms with E-state index in [0.29, 0.717) is 12.1 Å². The maximum atomic E-state index is 9.71. The molecule has 0 unspecified atom stereocenters. The summed E-state index contributed by atoms with van der Waals surface area (Å²) >= 11 is 5.90. The van der Waals surface area contributed by atoms with Crippen molar-refractivity contribution in [3.05, 3.63) is 16.7 Å². The van der Waals surface area contributed by atoms with E-state index in [1.807, 2.05) is 0 Å². The first kappa shape index (κ1) is 10.4. The summed E-state index contributed by atoms with van der Waals surface area (Å²) in [6.07, 6.45) is 1.61. The molecule has 0 aliphatic heterocycles. The molecule has 1 fully saturated rings. The molecule has 1 aliphatic carbocycles. The number of hydrogen-bond donors (Lipinski definition) is 4. The lowest BCUT2D eigenvalue weighted by atomic mass is 9.94. The van der Waals surface area contributed by atoms with Crippen LogP contribution in [0.5, 0.6) is 17.2 Å². The van der Waals surface area contributed by atoms with Crippen LogP contribution in [0.15, 0.2) is 6.07 Å². The maximum Gasteiger partial charge on any atom is 0.163 e. The van der Waals surface area contributed by atoms with E-state index >= 15 is 0 Å². The highest BCUT2D eigenvalue weighted by Crippen LogP contribution is 2.56. The Bertz CT molecular complexity index is 389. The molecule has 0 amide bonds. The molecule has 0 aromatic heterocycles. The van der Waals surface area contributed by atoms with Crippen LogP contribution < -0.4 is 5.73 Å². The number of phenols is 3. The van der Waals surface area contributed by atoms with Crippen molar-refractivity contribution in [2.75, 3.05) is 6.54 Å². The zero-order valence-corrected chi connectivity index (χ0v) is 8.75. The van der Waals surface area contributed by atoms with Crippen molar-refractivity contribution in [2.45, 2.75) is 18.3 Å². The molecule has 1 aromatic carbocycles. The lowest BCUT2D eigenvalue weighted by molar-refractivity contribution is 0.387. The highest BCUT2D eigenvalue weighted by Gasteiger charge is 2.47. The van der Waals surface area contributed by atoms with E-state index in [1.54, 1.807) is 0 Å². The monoisotopic (exact) mass is 229 g/mol. The Hall–Kier alpha value is -1.13. The molecule has 0 bridgehead atoms. The van der Waals surface area contributed by atoms with E-state index in [4.69, 9.17) is 17.3 Å². The topological polar surface area (TPSA) is 86.7 Å². The molecule has 1 saturated carbocycles. The van der Waals surface area contributed by atoms with Crippen LogP contribution in [0.25, 0.3) is 0 Å². The average Bonchev–Trinajstić information content (AvgIpc) is 2.96. The number of aromatic hydroxyl groups is 3. The van der Waals surface area contributed by atoms with Gasteiger partial charge in [-0.3, -0.25) is 0 Å². The first-order valence-corrected chi connectivity index (χ1v) is 5.03. The van der Waals surface area contributed by atoms with Crippen LogP contribution in [0.4, 0.5) is 0 Å². The first-order chi connectivity index (χ1) is 7.02. The molecule has 0 spiro atoms. The van der Waals surface area contributed by atoms with Gasteiger partial charge < -0.3 is 21.1 Å². The lowest BCUT2D eigenvalue weighted by Gasteiger charge is -2.17. The SMILES string of the molecule is NCC1(c2c(O)c(O)cc(O)c2Cl)CC1. The van der Waals surface area contributed by atoms with Crippen molar-refractivity contribution in [3.8, 4) is 17.2 Å². The fourth-order valence-electron chi connectivity index (χ4n) is 1.81. The van der Waals surface area contributed by atoms with Crippen molar-refractivity contribution in [1.82, 2.24) is 0 Å². The molecule has 0 radical (unpaired) electrons. The van der Waals surface area contributed by atoms with Gasteiger partial charge in [0, 0.05) is 23.6 Å². The van der Waals surface area contributed by atoms with Crippen molar-refractivity contribution in [3.63, 3.8) is 0 Å². The number of halogens is 1. The van der Waals surface area contributed by atoms with Crippen LogP contribution >= 0.6 is 11.6 Å². The molecule has 1 aliphatic rings. The molecule has 4 nitrogen and oxygen atoms in total. The van der Waals surface area contributed by atoms with Gasteiger partial charge in [0.25, 0.3) is 0 Å². The second-order valence-electron chi connectivity index (χ2n) is 3.94. The Morgan fingerprint density at radius 1 is 1.27 bits per heavy atom. The maximum absolute atomic E-state index is 9.71. The largest absolute Gasteiger partial charge is 0.506 e. The number of nitrogens with two attached hydrogens (primary N) is 1. The summed E-state index contributed by atoms with van der Waals surface area (Å²) in [5, 5.41) is 28.6. The summed E-state index contributed by atoms with van der Waals surface area (Å²) in [6, 6.07) is 1.02. The number of benzene rings is 1. The van der Waals surface area contributed by atoms with E-state index in [2.05, 4.69) is 0 Å². The lowest BCUT2D eigenvalue weighted by Crippen LogP contribution is -2.20. The van der Waals surface area contributed by atoms with Crippen LogP contribution in [0.3, 0.4) is 0 Å². The van der Waals surface area contributed by atoms with Crippen LogP contribution in [0, 0.1) is 0 Å². The highest BCUT2D eigenvalue weighted by molar-refractivity contribution is 6.33. The molecule has 0 saturated heterocycles. The van der Waals surface area contributed by atoms with Gasteiger partial charge in [0.2, 0.25) is 0 Å². The molecule has 2 rings (SSSR count). The van der Waals surface area contributed by atoms with Crippen molar-refractivity contribution < 1.29 is 15.3 Å². The Morgan fingerprint density at radius 3 is 2.33 bits per heavy atom. The van der Waals surface area contributed by atoms with Crippen molar-refractivity contribution in [1.29, 1.82) is 0 Å². The summed E-state index contributed by atoms with van der Waals surface area (Å²) in [4.78, 5) is 0. The zero-order valence-electron chi connectivity index (χ0n) is 8.00. The molecule has 0 heterocycles. The molecule has 5 heteroatoms. The van der Waals surface area contributed by atoms with Gasteiger partial charge in [-0.15, -0.1) is 0 Å².